The maximum Gasteiger partial charge on any atom is 0.270 e. The molecule has 0 N–H and O–H groups in total. The molecule has 0 fully saturated rings. The summed E-state index contributed by atoms with van der Waals surface area (Å²) in [5, 5.41) is 20.5. The lowest BCUT2D eigenvalue weighted by Gasteiger charge is -2.17. The smallest absolute Gasteiger partial charge is 0.270 e. The van der Waals surface area contributed by atoms with Crippen LogP contribution >= 0.6 is 22.6 Å². The quantitative estimate of drug-likeness (QED) is 0.174. The van der Waals surface area contributed by atoms with Crippen LogP contribution in [-0.4, -0.2) is 17.6 Å². The molecule has 2 rings (SSSR count). The molecule has 7 heteroatoms. The van der Waals surface area contributed by atoms with Crippen LogP contribution < -0.4 is 9.47 Å². The molecule has 0 heterocycles. The SMILES string of the molecule is CCOc1cc(/C=C(/C#N)c2cccc([N+](=O)[O-])c2)cc(I)c1OC(C)C. The average molecular weight is 478 g/mol. The van der Waals surface area contributed by atoms with E-state index in [0.29, 0.717) is 29.2 Å². The standard InChI is InChI=1S/C20H19IN2O4/c1-4-26-19-10-14(9-18(21)20(19)27-13(2)3)8-16(12-22)15-6-5-7-17(11-15)23(24)25/h5-11,13H,4H2,1-3H3/b16-8-. The molecule has 0 bridgehead atoms. The summed E-state index contributed by atoms with van der Waals surface area (Å²) in [6.45, 7) is 6.25. The highest BCUT2D eigenvalue weighted by molar-refractivity contribution is 14.1. The van der Waals surface area contributed by atoms with E-state index < -0.39 is 4.92 Å². The molecule has 0 unspecified atom stereocenters. The molecular weight excluding hydrogens is 459 g/mol. The maximum atomic E-state index is 11.0. The van der Waals surface area contributed by atoms with E-state index >= 15 is 0 Å². The molecule has 27 heavy (non-hydrogen) atoms. The molecule has 0 amide bonds. The number of halogens is 1. The minimum absolute atomic E-state index is 0.00125. The van der Waals surface area contributed by atoms with Gasteiger partial charge in [0.05, 0.1) is 32.8 Å². The third-order valence-corrected chi connectivity index (χ3v) is 4.29. The van der Waals surface area contributed by atoms with E-state index in [2.05, 4.69) is 28.7 Å². The van der Waals surface area contributed by atoms with Gasteiger partial charge in [-0.25, -0.2) is 0 Å². The number of hydrogen-bond donors (Lipinski definition) is 0. The summed E-state index contributed by atoms with van der Waals surface area (Å²) >= 11 is 2.17. The lowest BCUT2D eigenvalue weighted by Crippen LogP contribution is -2.09. The Morgan fingerprint density at radius 3 is 2.70 bits per heavy atom. The van der Waals surface area contributed by atoms with Crippen molar-refractivity contribution in [1.82, 2.24) is 0 Å². The topological polar surface area (TPSA) is 85.4 Å². The number of ether oxygens (including phenoxy) is 2. The third kappa shape index (κ3) is 5.44. The number of nitriles is 1. The van der Waals surface area contributed by atoms with E-state index in [1.54, 1.807) is 24.3 Å². The van der Waals surface area contributed by atoms with Gasteiger partial charge in [-0.05, 0) is 72.7 Å². The highest BCUT2D eigenvalue weighted by atomic mass is 127. The van der Waals surface area contributed by atoms with Crippen LogP contribution in [0, 0.1) is 25.0 Å². The Kier molecular flexibility index (Phi) is 7.19. The first kappa shape index (κ1) is 20.7. The second-order valence-corrected chi connectivity index (χ2v) is 7.07. The second kappa shape index (κ2) is 9.37. The Bertz CT molecular complexity index is 917. The van der Waals surface area contributed by atoms with Gasteiger partial charge >= 0.3 is 0 Å². The van der Waals surface area contributed by atoms with Crippen LogP contribution in [0.3, 0.4) is 0 Å². The molecule has 2 aromatic carbocycles. The van der Waals surface area contributed by atoms with E-state index in [4.69, 9.17) is 9.47 Å². The molecule has 0 saturated heterocycles. The number of hydrogen-bond acceptors (Lipinski definition) is 5. The molecule has 0 aliphatic rings. The van der Waals surface area contributed by atoms with E-state index in [-0.39, 0.29) is 11.8 Å². The molecule has 6 nitrogen and oxygen atoms in total. The average Bonchev–Trinajstić information content (AvgIpc) is 2.62. The Morgan fingerprint density at radius 1 is 1.37 bits per heavy atom. The summed E-state index contributed by atoms with van der Waals surface area (Å²) in [5.41, 5.74) is 1.51. The first-order chi connectivity index (χ1) is 12.8. The fourth-order valence-electron chi connectivity index (χ4n) is 2.42. The van der Waals surface area contributed by atoms with Gasteiger partial charge in [0.1, 0.15) is 0 Å². The molecular formula is C20H19IN2O4. The summed E-state index contributed by atoms with van der Waals surface area (Å²) in [4.78, 5) is 10.5. The van der Waals surface area contributed by atoms with Crippen LogP contribution in [-0.2, 0) is 0 Å². The molecule has 0 aliphatic carbocycles. The zero-order valence-electron chi connectivity index (χ0n) is 15.2. The number of benzene rings is 2. The van der Waals surface area contributed by atoms with Crippen molar-refractivity contribution in [2.24, 2.45) is 0 Å². The Morgan fingerprint density at radius 2 is 2.11 bits per heavy atom. The monoisotopic (exact) mass is 478 g/mol. The van der Waals surface area contributed by atoms with Gasteiger partial charge in [-0.1, -0.05) is 12.1 Å². The van der Waals surface area contributed by atoms with E-state index in [9.17, 15) is 15.4 Å². The van der Waals surface area contributed by atoms with Crippen molar-refractivity contribution in [1.29, 1.82) is 5.26 Å². The number of rotatable bonds is 7. The minimum atomic E-state index is -0.479. The highest BCUT2D eigenvalue weighted by Crippen LogP contribution is 2.36. The van der Waals surface area contributed by atoms with Crippen LogP contribution in [0.25, 0.3) is 11.6 Å². The van der Waals surface area contributed by atoms with Crippen LogP contribution in [0.2, 0.25) is 0 Å². The summed E-state index contributed by atoms with van der Waals surface area (Å²) in [6.07, 6.45) is 1.68. The van der Waals surface area contributed by atoms with Gasteiger partial charge in [-0.2, -0.15) is 5.26 Å². The zero-order chi connectivity index (χ0) is 20.0. The van der Waals surface area contributed by atoms with Crippen molar-refractivity contribution in [2.45, 2.75) is 26.9 Å². The lowest BCUT2D eigenvalue weighted by atomic mass is 10.0. The van der Waals surface area contributed by atoms with Gasteiger partial charge in [0.2, 0.25) is 0 Å². The van der Waals surface area contributed by atoms with E-state index in [0.717, 1.165) is 9.13 Å². The summed E-state index contributed by atoms with van der Waals surface area (Å²) in [7, 11) is 0. The van der Waals surface area contributed by atoms with Crippen molar-refractivity contribution >= 4 is 39.9 Å². The predicted molar refractivity (Wildman–Crippen MR) is 113 cm³/mol. The first-order valence-electron chi connectivity index (χ1n) is 8.35. The van der Waals surface area contributed by atoms with Crippen molar-refractivity contribution in [2.75, 3.05) is 6.61 Å². The summed E-state index contributed by atoms with van der Waals surface area (Å²) in [5.74, 6) is 1.26. The number of nitrogens with zero attached hydrogens (tertiary/aromatic N) is 2. The minimum Gasteiger partial charge on any atom is -0.490 e. The van der Waals surface area contributed by atoms with E-state index in [1.165, 1.54) is 12.1 Å². The number of non-ortho nitro benzene ring substituents is 1. The normalized spacial score (nSPS) is 11.2. The van der Waals surface area contributed by atoms with E-state index in [1.807, 2.05) is 26.8 Å². The summed E-state index contributed by atoms with van der Waals surface area (Å²) < 4.78 is 12.4. The third-order valence-electron chi connectivity index (χ3n) is 3.48. The Balaban J connectivity index is 2.51. The number of nitro groups is 1. The Labute approximate surface area is 171 Å². The molecule has 140 valence electrons. The summed E-state index contributed by atoms with van der Waals surface area (Å²) in [6, 6.07) is 11.8. The molecule has 0 saturated carbocycles. The molecule has 0 aromatic heterocycles. The van der Waals surface area contributed by atoms with Gasteiger partial charge in [0, 0.05) is 12.1 Å². The van der Waals surface area contributed by atoms with Gasteiger partial charge in [0.25, 0.3) is 5.69 Å². The van der Waals surface area contributed by atoms with Gasteiger partial charge in [-0.15, -0.1) is 0 Å². The fraction of sp³-hybridized carbons (Fsp3) is 0.250. The van der Waals surface area contributed by atoms with Crippen LogP contribution in [0.5, 0.6) is 11.5 Å². The van der Waals surface area contributed by atoms with Gasteiger partial charge in [0.15, 0.2) is 11.5 Å². The molecule has 2 aromatic rings. The molecule has 0 radical (unpaired) electrons. The largest absolute Gasteiger partial charge is 0.490 e. The van der Waals surface area contributed by atoms with Crippen molar-refractivity contribution in [3.63, 3.8) is 0 Å². The zero-order valence-corrected chi connectivity index (χ0v) is 17.4. The Hall–Kier alpha value is -2.60. The van der Waals surface area contributed by atoms with Crippen LogP contribution in [0.4, 0.5) is 5.69 Å². The fourth-order valence-corrected chi connectivity index (χ4v) is 3.17. The van der Waals surface area contributed by atoms with Gasteiger partial charge in [-0.3, -0.25) is 10.1 Å². The molecule has 0 spiro atoms. The van der Waals surface area contributed by atoms with Crippen molar-refractivity contribution in [3.8, 4) is 17.6 Å². The predicted octanol–water partition coefficient (Wildman–Crippen LogP) is 5.45. The first-order valence-corrected chi connectivity index (χ1v) is 9.43. The van der Waals surface area contributed by atoms with Crippen LogP contribution in [0.15, 0.2) is 36.4 Å². The number of allylic oxidation sites excluding steroid dienone is 1. The second-order valence-electron chi connectivity index (χ2n) is 5.91. The molecule has 0 aliphatic heterocycles. The van der Waals surface area contributed by atoms with Gasteiger partial charge < -0.3 is 9.47 Å². The van der Waals surface area contributed by atoms with Crippen molar-refractivity contribution in [3.05, 3.63) is 61.2 Å². The highest BCUT2D eigenvalue weighted by Gasteiger charge is 2.14. The number of nitro benzene ring substituents is 1. The lowest BCUT2D eigenvalue weighted by molar-refractivity contribution is -0.384. The van der Waals surface area contributed by atoms with Crippen LogP contribution in [0.1, 0.15) is 31.9 Å². The maximum absolute atomic E-state index is 11.0. The van der Waals surface area contributed by atoms with Crippen molar-refractivity contribution < 1.29 is 14.4 Å². The molecule has 0 atom stereocenters.